The van der Waals surface area contributed by atoms with Crippen LogP contribution >= 0.6 is 23.2 Å². The van der Waals surface area contributed by atoms with Crippen LogP contribution in [0.2, 0.25) is 10.0 Å². The number of hydrogen-bond acceptors (Lipinski definition) is 7. The highest BCUT2D eigenvalue weighted by atomic mass is 35.5. The number of halogens is 2. The van der Waals surface area contributed by atoms with Crippen LogP contribution in [-0.4, -0.2) is 34.6 Å². The summed E-state index contributed by atoms with van der Waals surface area (Å²) in [7, 11) is 0. The minimum Gasteiger partial charge on any atom is -0.354 e. The summed E-state index contributed by atoms with van der Waals surface area (Å²) in [5, 5.41) is 7.49. The van der Waals surface area contributed by atoms with Crippen LogP contribution in [-0.2, 0) is 16.1 Å². The number of benzene rings is 4. The van der Waals surface area contributed by atoms with Gasteiger partial charge in [-0.2, -0.15) is 0 Å². The number of aromatic nitrogens is 2. The van der Waals surface area contributed by atoms with Crippen LogP contribution in [0.1, 0.15) is 51.1 Å². The molecule has 5 aromatic rings. The fraction of sp³-hybridized carbons (Fsp3) is 0.176. The molecule has 220 valence electrons. The number of hydrogen-bond donors (Lipinski definition) is 2. The smallest absolute Gasteiger partial charge is 0.257 e. The zero-order valence-electron chi connectivity index (χ0n) is 23.4. The predicted octanol–water partition coefficient (Wildman–Crippen LogP) is 8.19. The molecule has 2 N–H and O–H groups in total. The van der Waals surface area contributed by atoms with Gasteiger partial charge in [-0.3, -0.25) is 9.59 Å². The zero-order valence-corrected chi connectivity index (χ0v) is 24.9. The maximum absolute atomic E-state index is 13.9. The first-order chi connectivity index (χ1) is 21.5. The van der Waals surface area contributed by atoms with Gasteiger partial charge in [-0.15, -0.1) is 0 Å². The summed E-state index contributed by atoms with van der Waals surface area (Å²) < 4.78 is 11.6. The number of ketones is 1. The molecular formula is C34H26Cl2N4O4. The largest absolute Gasteiger partial charge is 0.354 e. The zero-order chi connectivity index (χ0) is 30.2. The molecule has 2 aliphatic rings. The molecule has 1 fully saturated rings. The molecule has 1 aromatic heterocycles. The van der Waals surface area contributed by atoms with E-state index < -0.39 is 5.91 Å². The van der Waals surface area contributed by atoms with E-state index in [1.165, 1.54) is 12.4 Å². The third kappa shape index (κ3) is 5.42. The molecule has 8 nitrogen and oxygen atoms in total. The summed E-state index contributed by atoms with van der Waals surface area (Å²) in [4.78, 5) is 36.6. The lowest BCUT2D eigenvalue weighted by atomic mass is 9.85. The molecule has 1 aliphatic heterocycles. The highest BCUT2D eigenvalue weighted by Gasteiger charge is 2.31. The van der Waals surface area contributed by atoms with Gasteiger partial charge >= 0.3 is 0 Å². The molecule has 10 heteroatoms. The molecule has 4 aromatic carbocycles. The summed E-state index contributed by atoms with van der Waals surface area (Å²) in [6, 6.07) is 21.5. The highest BCUT2D eigenvalue weighted by Crippen LogP contribution is 2.44. The van der Waals surface area contributed by atoms with E-state index in [1.54, 1.807) is 30.3 Å². The Bertz CT molecular complexity index is 1920. The van der Waals surface area contributed by atoms with Crippen molar-refractivity contribution >= 4 is 62.9 Å². The second kappa shape index (κ2) is 12.0. The molecule has 1 amide bonds. The Morgan fingerprint density at radius 2 is 1.77 bits per heavy atom. The minimum absolute atomic E-state index is 0.165. The normalized spacial score (nSPS) is 15.6. The highest BCUT2D eigenvalue weighted by molar-refractivity contribution is 6.37. The average molecular weight is 626 g/mol. The van der Waals surface area contributed by atoms with Gasteiger partial charge < -0.3 is 20.1 Å². The van der Waals surface area contributed by atoms with Gasteiger partial charge in [0.05, 0.1) is 45.3 Å². The van der Waals surface area contributed by atoms with Gasteiger partial charge in [0.15, 0.2) is 12.1 Å². The summed E-state index contributed by atoms with van der Waals surface area (Å²) in [6.45, 7) is 1.18. The lowest BCUT2D eigenvalue weighted by molar-refractivity contribution is -0.168. The van der Waals surface area contributed by atoms with Crippen LogP contribution in [0.3, 0.4) is 0 Å². The van der Waals surface area contributed by atoms with Crippen molar-refractivity contribution < 1.29 is 19.1 Å². The van der Waals surface area contributed by atoms with Crippen LogP contribution in [0, 0.1) is 0 Å². The summed E-state index contributed by atoms with van der Waals surface area (Å²) in [5.41, 5.74) is 5.54. The number of fused-ring (bicyclic) bond motifs is 2. The van der Waals surface area contributed by atoms with E-state index in [0.717, 1.165) is 37.1 Å². The number of rotatable bonds is 7. The Labute approximate surface area is 263 Å². The average Bonchev–Trinajstić information content (AvgIpc) is 3.05. The molecule has 0 spiro atoms. The standard InChI is InChI=1S/C34H26Cl2N4O4/c35-20-10-13-25(36)24(15-20)34(42)40-26-16-27(39-21-11-8-19(9-12-21)17-44-28-7-3-4-14-43-28)32-30-29(26)33(41)23-6-2-1-5-22(23)31(30)37-18-38-32/h1-2,5-6,8-13,15-16,18,28,39H,3-4,7,14,17H2,(H,40,42). The molecule has 44 heavy (non-hydrogen) atoms. The summed E-state index contributed by atoms with van der Waals surface area (Å²) in [5.74, 6) is -0.742. The van der Waals surface area contributed by atoms with Crippen molar-refractivity contribution in [3.05, 3.63) is 111 Å². The van der Waals surface area contributed by atoms with Crippen molar-refractivity contribution in [2.45, 2.75) is 32.2 Å². The van der Waals surface area contributed by atoms with E-state index in [-0.39, 0.29) is 22.7 Å². The summed E-state index contributed by atoms with van der Waals surface area (Å²) in [6.07, 6.45) is 4.40. The number of carbonyl (C=O) groups excluding carboxylic acids is 2. The summed E-state index contributed by atoms with van der Waals surface area (Å²) >= 11 is 12.5. The van der Waals surface area contributed by atoms with E-state index in [2.05, 4.69) is 20.6 Å². The Balaban J connectivity index is 1.27. The molecule has 0 radical (unpaired) electrons. The number of anilines is 3. The van der Waals surface area contributed by atoms with Crippen LogP contribution < -0.4 is 10.6 Å². The van der Waals surface area contributed by atoms with Crippen molar-refractivity contribution in [2.24, 2.45) is 0 Å². The van der Waals surface area contributed by atoms with Gasteiger partial charge in [-0.25, -0.2) is 9.97 Å². The number of amides is 1. The second-order valence-electron chi connectivity index (χ2n) is 10.7. The topological polar surface area (TPSA) is 102 Å². The third-order valence-electron chi connectivity index (χ3n) is 7.79. The molecular weight excluding hydrogens is 599 g/mol. The monoisotopic (exact) mass is 624 g/mol. The van der Waals surface area contributed by atoms with Crippen molar-refractivity contribution in [3.63, 3.8) is 0 Å². The minimum atomic E-state index is -0.504. The van der Waals surface area contributed by atoms with E-state index in [1.807, 2.05) is 36.4 Å². The maximum Gasteiger partial charge on any atom is 0.257 e. The van der Waals surface area contributed by atoms with E-state index in [0.29, 0.717) is 56.3 Å². The fourth-order valence-corrected chi connectivity index (χ4v) is 6.01. The Kier molecular flexibility index (Phi) is 7.74. The van der Waals surface area contributed by atoms with Crippen LogP contribution in [0.4, 0.5) is 17.1 Å². The van der Waals surface area contributed by atoms with Crippen molar-refractivity contribution in [2.75, 3.05) is 17.2 Å². The number of nitrogens with zero attached hydrogens (tertiary/aromatic N) is 2. The van der Waals surface area contributed by atoms with Crippen molar-refractivity contribution in [1.82, 2.24) is 9.97 Å². The Hall–Kier alpha value is -4.34. The second-order valence-corrected chi connectivity index (χ2v) is 11.5. The van der Waals surface area contributed by atoms with Crippen LogP contribution in [0.5, 0.6) is 0 Å². The quantitative estimate of drug-likeness (QED) is 0.184. The van der Waals surface area contributed by atoms with E-state index in [4.69, 9.17) is 32.7 Å². The van der Waals surface area contributed by atoms with Crippen molar-refractivity contribution in [1.29, 1.82) is 0 Å². The number of ether oxygens (including phenoxy) is 2. The molecule has 1 saturated heterocycles. The van der Waals surface area contributed by atoms with Gasteiger partial charge in [0, 0.05) is 33.8 Å². The van der Waals surface area contributed by atoms with Gasteiger partial charge in [0.2, 0.25) is 0 Å². The van der Waals surface area contributed by atoms with Gasteiger partial charge in [-0.05, 0) is 61.2 Å². The van der Waals surface area contributed by atoms with E-state index in [9.17, 15) is 9.59 Å². The van der Waals surface area contributed by atoms with Gasteiger partial charge in [0.25, 0.3) is 5.91 Å². The SMILES string of the molecule is O=C(Nc1cc(Nc2ccc(COC3CCCCO3)cc2)c2ncnc3c2c1C(=O)c1ccccc1-3)c1cc(Cl)ccc1Cl. The van der Waals surface area contributed by atoms with Gasteiger partial charge in [0.1, 0.15) is 6.33 Å². The fourth-order valence-electron chi connectivity index (χ4n) is 5.64. The first kappa shape index (κ1) is 28.4. The predicted molar refractivity (Wildman–Crippen MR) is 171 cm³/mol. The van der Waals surface area contributed by atoms with E-state index >= 15 is 0 Å². The molecule has 1 aliphatic carbocycles. The maximum atomic E-state index is 13.9. The van der Waals surface area contributed by atoms with Crippen LogP contribution in [0.15, 0.2) is 79.1 Å². The lowest BCUT2D eigenvalue weighted by Crippen LogP contribution is -2.21. The Morgan fingerprint density at radius 1 is 0.955 bits per heavy atom. The number of nitrogens with one attached hydrogen (secondary N) is 2. The lowest BCUT2D eigenvalue weighted by Gasteiger charge is -2.23. The first-order valence-electron chi connectivity index (χ1n) is 14.3. The third-order valence-corrected chi connectivity index (χ3v) is 8.36. The van der Waals surface area contributed by atoms with Crippen LogP contribution in [0.25, 0.3) is 22.2 Å². The molecule has 0 bridgehead atoms. The molecule has 1 atom stereocenters. The molecule has 7 rings (SSSR count). The van der Waals surface area contributed by atoms with Crippen molar-refractivity contribution in [3.8, 4) is 11.3 Å². The first-order valence-corrected chi connectivity index (χ1v) is 15.0. The van der Waals surface area contributed by atoms with Gasteiger partial charge in [-0.1, -0.05) is 59.6 Å². The number of carbonyl (C=O) groups is 2. The molecule has 0 saturated carbocycles. The molecule has 2 heterocycles. The Morgan fingerprint density at radius 3 is 2.57 bits per heavy atom. The molecule has 1 unspecified atom stereocenters.